The first-order valence-electron chi connectivity index (χ1n) is 7.69. The molecule has 0 heterocycles. The molecule has 1 atom stereocenters. The van der Waals surface area contributed by atoms with Crippen LogP contribution in [-0.2, 0) is 0 Å². The zero-order valence-corrected chi connectivity index (χ0v) is 14.1. The van der Waals surface area contributed by atoms with E-state index in [9.17, 15) is 9.90 Å². The monoisotopic (exact) mass is 312 g/mol. The summed E-state index contributed by atoms with van der Waals surface area (Å²) < 4.78 is 0. The van der Waals surface area contributed by atoms with Crippen LogP contribution in [0.5, 0.6) is 0 Å². The van der Waals surface area contributed by atoms with Crippen LogP contribution in [0.4, 0.5) is 5.69 Å². The first-order valence-corrected chi connectivity index (χ1v) is 7.69. The molecule has 2 aromatic rings. The second-order valence-electron chi connectivity index (χ2n) is 6.01. The van der Waals surface area contributed by atoms with Gasteiger partial charge in [-0.15, -0.1) is 0 Å². The number of amides is 1. The highest BCUT2D eigenvalue weighted by atomic mass is 16.3. The van der Waals surface area contributed by atoms with Crippen LogP contribution in [0.15, 0.2) is 42.5 Å². The maximum atomic E-state index is 12.2. The van der Waals surface area contributed by atoms with E-state index in [2.05, 4.69) is 5.32 Å². The summed E-state index contributed by atoms with van der Waals surface area (Å²) in [7, 11) is 3.93. The van der Waals surface area contributed by atoms with Gasteiger partial charge in [0.1, 0.15) is 0 Å². The van der Waals surface area contributed by atoms with Gasteiger partial charge in [0.05, 0.1) is 6.10 Å². The van der Waals surface area contributed by atoms with Gasteiger partial charge in [0.15, 0.2) is 0 Å². The van der Waals surface area contributed by atoms with Gasteiger partial charge in [-0.25, -0.2) is 0 Å². The molecule has 0 aliphatic rings. The summed E-state index contributed by atoms with van der Waals surface area (Å²) in [6.07, 6.45) is -0.721. The van der Waals surface area contributed by atoms with Crippen molar-refractivity contribution in [2.45, 2.75) is 20.0 Å². The van der Waals surface area contributed by atoms with Gasteiger partial charge in [-0.3, -0.25) is 4.79 Å². The number of anilines is 1. The van der Waals surface area contributed by atoms with E-state index in [1.807, 2.05) is 69.2 Å². The molecule has 0 fully saturated rings. The molecule has 2 rings (SSSR count). The van der Waals surface area contributed by atoms with Crippen molar-refractivity contribution >= 4 is 11.6 Å². The van der Waals surface area contributed by atoms with Gasteiger partial charge in [0.25, 0.3) is 5.91 Å². The average Bonchev–Trinajstić information content (AvgIpc) is 2.54. The molecule has 0 spiro atoms. The van der Waals surface area contributed by atoms with E-state index in [1.54, 1.807) is 6.07 Å². The molecule has 1 unspecified atom stereocenters. The minimum absolute atomic E-state index is 0.169. The van der Waals surface area contributed by atoms with Crippen LogP contribution < -0.4 is 10.2 Å². The SMILES string of the molecule is Cc1ccc(C(=O)NCC(O)c2ccc(N(C)C)cc2)cc1C. The van der Waals surface area contributed by atoms with Crippen molar-refractivity contribution in [1.82, 2.24) is 5.32 Å². The normalized spacial score (nSPS) is 11.9. The molecule has 0 aromatic heterocycles. The van der Waals surface area contributed by atoms with Gasteiger partial charge in [0, 0.05) is 31.9 Å². The fourth-order valence-electron chi connectivity index (χ4n) is 2.29. The van der Waals surface area contributed by atoms with Crippen LogP contribution >= 0.6 is 0 Å². The third-order valence-corrected chi connectivity index (χ3v) is 4.02. The van der Waals surface area contributed by atoms with Crippen molar-refractivity contribution in [3.05, 3.63) is 64.7 Å². The van der Waals surface area contributed by atoms with E-state index in [0.717, 1.165) is 22.4 Å². The maximum absolute atomic E-state index is 12.2. The zero-order chi connectivity index (χ0) is 17.0. The van der Waals surface area contributed by atoms with Crippen LogP contribution in [-0.4, -0.2) is 31.7 Å². The lowest BCUT2D eigenvalue weighted by Gasteiger charge is -2.16. The summed E-state index contributed by atoms with van der Waals surface area (Å²) in [5.41, 5.74) is 4.71. The Labute approximate surface area is 137 Å². The minimum Gasteiger partial charge on any atom is -0.387 e. The summed E-state index contributed by atoms with van der Waals surface area (Å²) in [5.74, 6) is -0.169. The Morgan fingerprint density at radius 3 is 2.30 bits per heavy atom. The molecular weight excluding hydrogens is 288 g/mol. The van der Waals surface area contributed by atoms with Gasteiger partial charge < -0.3 is 15.3 Å². The number of hydrogen-bond donors (Lipinski definition) is 2. The number of carbonyl (C=O) groups is 1. The number of benzene rings is 2. The van der Waals surface area contributed by atoms with Gasteiger partial charge in [-0.1, -0.05) is 18.2 Å². The maximum Gasteiger partial charge on any atom is 0.251 e. The number of rotatable bonds is 5. The molecule has 2 aromatic carbocycles. The van der Waals surface area contributed by atoms with Crippen molar-refractivity contribution < 1.29 is 9.90 Å². The van der Waals surface area contributed by atoms with Crippen molar-refractivity contribution in [1.29, 1.82) is 0 Å². The number of nitrogens with zero attached hydrogens (tertiary/aromatic N) is 1. The molecule has 23 heavy (non-hydrogen) atoms. The molecule has 122 valence electrons. The molecule has 0 aliphatic heterocycles. The van der Waals surface area contributed by atoms with Crippen LogP contribution in [0.25, 0.3) is 0 Å². The predicted octanol–water partition coefficient (Wildman–Crippen LogP) is 2.83. The number of aryl methyl sites for hydroxylation is 2. The topological polar surface area (TPSA) is 52.6 Å². The Kier molecular flexibility index (Phi) is 5.40. The Hall–Kier alpha value is -2.33. The second-order valence-corrected chi connectivity index (χ2v) is 6.01. The number of carbonyl (C=O) groups excluding carboxylic acids is 1. The summed E-state index contributed by atoms with van der Waals surface area (Å²) >= 11 is 0. The first kappa shape index (κ1) is 17.0. The van der Waals surface area contributed by atoms with Crippen LogP contribution in [0.3, 0.4) is 0 Å². The molecule has 0 aliphatic carbocycles. The van der Waals surface area contributed by atoms with E-state index >= 15 is 0 Å². The fourth-order valence-corrected chi connectivity index (χ4v) is 2.29. The Morgan fingerprint density at radius 2 is 1.74 bits per heavy atom. The first-order chi connectivity index (χ1) is 10.9. The quantitative estimate of drug-likeness (QED) is 0.892. The lowest BCUT2D eigenvalue weighted by atomic mass is 10.1. The van der Waals surface area contributed by atoms with Crippen molar-refractivity contribution in [2.24, 2.45) is 0 Å². The molecule has 1 amide bonds. The Bertz CT molecular complexity index is 678. The fraction of sp³-hybridized carbons (Fsp3) is 0.316. The summed E-state index contributed by atoms with van der Waals surface area (Å²) in [5, 5.41) is 13.0. The average molecular weight is 312 g/mol. The van der Waals surface area contributed by atoms with Gasteiger partial charge in [-0.05, 0) is 54.8 Å². The summed E-state index contributed by atoms with van der Waals surface area (Å²) in [4.78, 5) is 14.2. The molecule has 0 bridgehead atoms. The van der Waals surface area contributed by atoms with Crippen molar-refractivity contribution in [3.8, 4) is 0 Å². The predicted molar refractivity (Wildman–Crippen MR) is 94.0 cm³/mol. The zero-order valence-electron chi connectivity index (χ0n) is 14.1. The number of aliphatic hydroxyl groups excluding tert-OH is 1. The van der Waals surface area contributed by atoms with E-state index < -0.39 is 6.10 Å². The van der Waals surface area contributed by atoms with E-state index in [1.165, 1.54) is 0 Å². The van der Waals surface area contributed by atoms with Crippen molar-refractivity contribution in [3.63, 3.8) is 0 Å². The van der Waals surface area contributed by atoms with Crippen LogP contribution in [0, 0.1) is 13.8 Å². The van der Waals surface area contributed by atoms with Crippen LogP contribution in [0.2, 0.25) is 0 Å². The van der Waals surface area contributed by atoms with Crippen LogP contribution in [0.1, 0.15) is 33.2 Å². The third-order valence-electron chi connectivity index (χ3n) is 4.02. The summed E-state index contributed by atoms with van der Waals surface area (Å²) in [6, 6.07) is 13.2. The Balaban J connectivity index is 1.96. The third kappa shape index (κ3) is 4.33. The number of aliphatic hydroxyl groups is 1. The lowest BCUT2D eigenvalue weighted by Crippen LogP contribution is -2.28. The van der Waals surface area contributed by atoms with Gasteiger partial charge in [-0.2, -0.15) is 0 Å². The van der Waals surface area contributed by atoms with Gasteiger partial charge in [0.2, 0.25) is 0 Å². The summed E-state index contributed by atoms with van der Waals surface area (Å²) in [6.45, 7) is 4.18. The van der Waals surface area contributed by atoms with E-state index in [-0.39, 0.29) is 12.5 Å². The van der Waals surface area contributed by atoms with Crippen molar-refractivity contribution in [2.75, 3.05) is 25.5 Å². The Morgan fingerprint density at radius 1 is 1.09 bits per heavy atom. The number of hydrogen-bond acceptors (Lipinski definition) is 3. The van der Waals surface area contributed by atoms with Gasteiger partial charge >= 0.3 is 0 Å². The highest BCUT2D eigenvalue weighted by molar-refractivity contribution is 5.94. The highest BCUT2D eigenvalue weighted by Crippen LogP contribution is 2.17. The molecule has 0 saturated heterocycles. The van der Waals surface area contributed by atoms with E-state index in [4.69, 9.17) is 0 Å². The molecule has 0 radical (unpaired) electrons. The minimum atomic E-state index is -0.721. The number of nitrogens with one attached hydrogen (secondary N) is 1. The molecule has 4 heteroatoms. The highest BCUT2D eigenvalue weighted by Gasteiger charge is 2.11. The molecule has 0 saturated carbocycles. The second kappa shape index (κ2) is 7.29. The smallest absolute Gasteiger partial charge is 0.251 e. The standard InChI is InChI=1S/C19H24N2O2/c1-13-5-6-16(11-14(13)2)19(23)20-12-18(22)15-7-9-17(10-8-15)21(3)4/h5-11,18,22H,12H2,1-4H3,(H,20,23). The molecular formula is C19H24N2O2. The largest absolute Gasteiger partial charge is 0.387 e. The molecule has 2 N–H and O–H groups in total. The lowest BCUT2D eigenvalue weighted by molar-refractivity contribution is 0.0916. The molecule has 4 nitrogen and oxygen atoms in total. The van der Waals surface area contributed by atoms with E-state index in [0.29, 0.717) is 5.56 Å².